The minimum absolute atomic E-state index is 0. The number of unbranched alkanes of at least 4 members (excludes halogenated alkanes) is 7. The Labute approximate surface area is 125 Å². The average molecular weight is 312 g/mol. The maximum Gasteiger partial charge on any atom is 0.161 e. The van der Waals surface area contributed by atoms with Crippen molar-refractivity contribution in [2.75, 3.05) is 18.1 Å². The van der Waals surface area contributed by atoms with Gasteiger partial charge in [-0.1, -0.05) is 51.9 Å². The smallest absolute Gasteiger partial charge is 0.161 e. The molecule has 0 amide bonds. The fourth-order valence-corrected chi connectivity index (χ4v) is 4.32. The summed E-state index contributed by atoms with van der Waals surface area (Å²) in [4.78, 5) is 0. The van der Waals surface area contributed by atoms with E-state index in [9.17, 15) is 8.42 Å². The third kappa shape index (κ3) is 9.69. The second-order valence-electron chi connectivity index (χ2n) is 5.66. The van der Waals surface area contributed by atoms with E-state index in [0.29, 0.717) is 17.5 Å². The zero-order valence-electron chi connectivity index (χ0n) is 12.2. The van der Waals surface area contributed by atoms with Crippen LogP contribution in [0.3, 0.4) is 0 Å². The van der Waals surface area contributed by atoms with Crippen molar-refractivity contribution in [3.8, 4) is 0 Å². The van der Waals surface area contributed by atoms with Gasteiger partial charge in [-0.05, 0) is 6.42 Å². The standard InChI is InChI=1S/C14H29NO2S.ClH/c1-2-3-4-5-6-7-8-9-10-14-13-18(16,17)12-11-15-14;/h14-15H,2-13H2,1H3;1H. The Bertz CT molecular complexity index is 307. The number of hydrogen-bond donors (Lipinski definition) is 1. The quantitative estimate of drug-likeness (QED) is 0.549. The van der Waals surface area contributed by atoms with Gasteiger partial charge in [0.1, 0.15) is 11.8 Å². The van der Waals surface area contributed by atoms with Gasteiger partial charge < -0.3 is 17.7 Å². The largest absolute Gasteiger partial charge is 1.00 e. The molecule has 1 heterocycles. The van der Waals surface area contributed by atoms with Crippen LogP contribution in [-0.4, -0.2) is 32.5 Å². The molecule has 1 aliphatic rings. The molecule has 1 unspecified atom stereocenters. The van der Waals surface area contributed by atoms with Gasteiger partial charge in [0.15, 0.2) is 9.84 Å². The van der Waals surface area contributed by atoms with Crippen molar-refractivity contribution < 1.29 is 26.1 Å². The summed E-state index contributed by atoms with van der Waals surface area (Å²) in [6.07, 6.45) is 11.7. The molecule has 0 bridgehead atoms. The second kappa shape index (κ2) is 10.9. The van der Waals surface area contributed by atoms with Crippen LogP contribution in [0.5, 0.6) is 0 Å². The average Bonchev–Trinajstić information content (AvgIpc) is 2.31. The Hall–Kier alpha value is 0.200. The van der Waals surface area contributed by atoms with E-state index in [-0.39, 0.29) is 12.4 Å². The molecule has 0 aromatic heterocycles. The molecule has 116 valence electrons. The highest BCUT2D eigenvalue weighted by atomic mass is 35.5. The Balaban J connectivity index is 0.00000324. The maximum absolute atomic E-state index is 11.5. The molecular weight excluding hydrogens is 282 g/mol. The molecular formula is C14H30ClNO2S. The number of quaternary nitrogens is 1. The number of sulfone groups is 1. The first-order valence-electron chi connectivity index (χ1n) is 7.68. The van der Waals surface area contributed by atoms with Crippen LogP contribution in [-0.2, 0) is 9.84 Å². The molecule has 0 aromatic rings. The summed E-state index contributed by atoms with van der Waals surface area (Å²) in [7, 11) is -2.72. The van der Waals surface area contributed by atoms with Gasteiger partial charge in [0, 0.05) is 6.42 Å². The monoisotopic (exact) mass is 311 g/mol. The first-order chi connectivity index (χ1) is 8.64. The van der Waals surface area contributed by atoms with Crippen LogP contribution in [0, 0.1) is 0 Å². The molecule has 1 saturated heterocycles. The molecule has 0 aliphatic carbocycles. The van der Waals surface area contributed by atoms with E-state index < -0.39 is 9.84 Å². The van der Waals surface area contributed by atoms with Gasteiger partial charge in [-0.15, -0.1) is 0 Å². The van der Waals surface area contributed by atoms with Crippen molar-refractivity contribution in [1.29, 1.82) is 0 Å². The lowest BCUT2D eigenvalue weighted by atomic mass is 10.1. The van der Waals surface area contributed by atoms with E-state index in [1.807, 2.05) is 0 Å². The van der Waals surface area contributed by atoms with Gasteiger partial charge in [0.2, 0.25) is 0 Å². The molecule has 2 N–H and O–H groups in total. The molecule has 0 spiro atoms. The highest BCUT2D eigenvalue weighted by molar-refractivity contribution is 7.91. The van der Waals surface area contributed by atoms with Gasteiger partial charge in [-0.25, -0.2) is 8.42 Å². The van der Waals surface area contributed by atoms with Crippen molar-refractivity contribution in [3.05, 3.63) is 0 Å². The molecule has 0 saturated carbocycles. The highest BCUT2D eigenvalue weighted by Crippen LogP contribution is 2.11. The van der Waals surface area contributed by atoms with Crippen molar-refractivity contribution >= 4 is 9.84 Å². The van der Waals surface area contributed by atoms with Gasteiger partial charge in [0.25, 0.3) is 0 Å². The summed E-state index contributed by atoms with van der Waals surface area (Å²) in [5.41, 5.74) is 0. The van der Waals surface area contributed by atoms with E-state index in [1.54, 1.807) is 0 Å². The first-order valence-corrected chi connectivity index (χ1v) is 9.50. The molecule has 3 nitrogen and oxygen atoms in total. The topological polar surface area (TPSA) is 50.8 Å². The molecule has 19 heavy (non-hydrogen) atoms. The minimum atomic E-state index is -2.72. The van der Waals surface area contributed by atoms with E-state index >= 15 is 0 Å². The van der Waals surface area contributed by atoms with Crippen LogP contribution in [0.25, 0.3) is 0 Å². The van der Waals surface area contributed by atoms with Crippen LogP contribution in [0.2, 0.25) is 0 Å². The van der Waals surface area contributed by atoms with Crippen LogP contribution in [0.1, 0.15) is 64.7 Å². The van der Waals surface area contributed by atoms with E-state index in [0.717, 1.165) is 13.0 Å². The maximum atomic E-state index is 11.5. The predicted molar refractivity (Wildman–Crippen MR) is 76.5 cm³/mol. The van der Waals surface area contributed by atoms with E-state index in [2.05, 4.69) is 12.2 Å². The minimum Gasteiger partial charge on any atom is -1.00 e. The van der Waals surface area contributed by atoms with Crippen molar-refractivity contribution in [2.24, 2.45) is 0 Å². The van der Waals surface area contributed by atoms with Gasteiger partial charge in [0.05, 0.1) is 12.3 Å². The van der Waals surface area contributed by atoms with Crippen LogP contribution in [0.4, 0.5) is 0 Å². The van der Waals surface area contributed by atoms with Gasteiger partial charge in [-0.2, -0.15) is 0 Å². The summed E-state index contributed by atoms with van der Waals surface area (Å²) in [6, 6.07) is 0.337. The number of nitrogens with two attached hydrogens (primary N) is 1. The van der Waals surface area contributed by atoms with Crippen molar-refractivity contribution in [1.82, 2.24) is 0 Å². The van der Waals surface area contributed by atoms with Crippen LogP contribution >= 0.6 is 0 Å². The number of halogens is 1. The lowest BCUT2D eigenvalue weighted by Gasteiger charge is -2.20. The van der Waals surface area contributed by atoms with E-state index in [4.69, 9.17) is 0 Å². The lowest BCUT2D eigenvalue weighted by Crippen LogP contribution is -3.00. The Morgan fingerprint density at radius 2 is 1.58 bits per heavy atom. The highest BCUT2D eigenvalue weighted by Gasteiger charge is 2.26. The Morgan fingerprint density at radius 1 is 1.00 bits per heavy atom. The molecule has 1 fully saturated rings. The first kappa shape index (κ1) is 19.2. The van der Waals surface area contributed by atoms with Crippen LogP contribution in [0.15, 0.2) is 0 Å². The van der Waals surface area contributed by atoms with Crippen molar-refractivity contribution in [2.45, 2.75) is 70.8 Å². The molecule has 1 rings (SSSR count). The van der Waals surface area contributed by atoms with Gasteiger partial charge >= 0.3 is 0 Å². The SMILES string of the molecule is CCCCCCCCCCC1CS(=O)(=O)CC[NH2+]1.[Cl-]. The second-order valence-corrected chi connectivity index (χ2v) is 7.89. The third-order valence-corrected chi connectivity index (χ3v) is 5.62. The summed E-state index contributed by atoms with van der Waals surface area (Å²) >= 11 is 0. The predicted octanol–water partition coefficient (Wildman–Crippen LogP) is -1.12. The summed E-state index contributed by atoms with van der Waals surface area (Å²) < 4.78 is 23.0. The molecule has 0 radical (unpaired) electrons. The Kier molecular flexibility index (Phi) is 11.0. The summed E-state index contributed by atoms with van der Waals surface area (Å²) in [5.74, 6) is 0.782. The normalized spacial score (nSPS) is 21.8. The van der Waals surface area contributed by atoms with E-state index in [1.165, 1.54) is 51.4 Å². The number of hydrogen-bond acceptors (Lipinski definition) is 2. The summed E-state index contributed by atoms with van der Waals surface area (Å²) in [6.45, 7) is 3.01. The molecule has 1 aliphatic heterocycles. The third-order valence-electron chi connectivity index (χ3n) is 3.83. The molecule has 5 heteroatoms. The summed E-state index contributed by atoms with van der Waals surface area (Å²) in [5, 5.41) is 2.22. The molecule has 0 aromatic carbocycles. The zero-order chi connectivity index (χ0) is 13.3. The van der Waals surface area contributed by atoms with Crippen molar-refractivity contribution in [3.63, 3.8) is 0 Å². The number of rotatable bonds is 9. The lowest BCUT2D eigenvalue weighted by molar-refractivity contribution is -0.684. The van der Waals surface area contributed by atoms with Crippen LogP contribution < -0.4 is 17.7 Å². The van der Waals surface area contributed by atoms with Gasteiger partial charge in [-0.3, -0.25) is 0 Å². The Morgan fingerprint density at radius 3 is 2.16 bits per heavy atom. The fourth-order valence-electron chi connectivity index (χ4n) is 2.70. The molecule has 1 atom stereocenters. The zero-order valence-corrected chi connectivity index (χ0v) is 13.8. The fraction of sp³-hybridized carbons (Fsp3) is 1.00.